The normalized spacial score (nSPS) is 10.9. The molecule has 0 amide bonds. The molecular weight excluding hydrogens is 499 g/mol. The number of imidazole rings is 1. The van der Waals surface area contributed by atoms with Crippen LogP contribution in [0.25, 0.3) is 22.4 Å². The van der Waals surface area contributed by atoms with Crippen molar-refractivity contribution in [3.05, 3.63) is 88.8 Å². The Hall–Kier alpha value is -3.48. The first-order chi connectivity index (χ1) is 17.4. The van der Waals surface area contributed by atoms with Crippen molar-refractivity contribution in [2.75, 3.05) is 6.61 Å². The second-order valence-electron chi connectivity index (χ2n) is 8.14. The van der Waals surface area contributed by atoms with E-state index in [1.165, 1.54) is 0 Å². The molecule has 0 radical (unpaired) electrons. The molecule has 3 aromatic carbocycles. The standard InChI is InChI=1S/C28H26Cl2N2O4/c1-2-32-17-26(24-13-10-21(29)16-25(24)30)31-27(32)18-36-22-11-8-19(9-12-22)20-5-3-6-23(15-20)35-14-4-7-28(33)34/h3,5-6,8-13,15-17H,2,4,7,14,18H2,1H3,(H,33,34). The van der Waals surface area contributed by atoms with Crippen LogP contribution in [0.2, 0.25) is 10.0 Å². The summed E-state index contributed by atoms with van der Waals surface area (Å²) >= 11 is 12.4. The molecule has 0 aliphatic carbocycles. The van der Waals surface area contributed by atoms with Crippen molar-refractivity contribution in [2.45, 2.75) is 32.9 Å². The summed E-state index contributed by atoms with van der Waals surface area (Å²) < 4.78 is 13.7. The van der Waals surface area contributed by atoms with Crippen LogP contribution in [0.4, 0.5) is 0 Å². The van der Waals surface area contributed by atoms with E-state index in [1.54, 1.807) is 12.1 Å². The molecule has 0 bridgehead atoms. The number of benzene rings is 3. The maximum atomic E-state index is 10.6. The molecule has 0 unspecified atom stereocenters. The summed E-state index contributed by atoms with van der Waals surface area (Å²) in [6, 6.07) is 20.9. The summed E-state index contributed by atoms with van der Waals surface area (Å²) in [6.45, 7) is 3.49. The van der Waals surface area contributed by atoms with E-state index >= 15 is 0 Å². The van der Waals surface area contributed by atoms with Crippen molar-refractivity contribution in [2.24, 2.45) is 0 Å². The zero-order valence-corrected chi connectivity index (χ0v) is 21.3. The Balaban J connectivity index is 1.40. The van der Waals surface area contributed by atoms with Crippen LogP contribution in [0.3, 0.4) is 0 Å². The highest BCUT2D eigenvalue weighted by Crippen LogP contribution is 2.30. The SMILES string of the molecule is CCn1cc(-c2ccc(Cl)cc2Cl)nc1COc1ccc(-c2cccc(OCCCC(=O)O)c2)cc1. The van der Waals surface area contributed by atoms with Crippen molar-refractivity contribution in [3.63, 3.8) is 0 Å². The minimum absolute atomic E-state index is 0.0931. The number of aromatic nitrogens is 2. The molecule has 4 rings (SSSR count). The molecule has 1 N–H and O–H groups in total. The highest BCUT2D eigenvalue weighted by Gasteiger charge is 2.13. The van der Waals surface area contributed by atoms with Crippen molar-refractivity contribution in [1.29, 1.82) is 0 Å². The van der Waals surface area contributed by atoms with Gasteiger partial charge in [0.1, 0.15) is 23.9 Å². The van der Waals surface area contributed by atoms with Crippen molar-refractivity contribution >= 4 is 29.2 Å². The summed E-state index contributed by atoms with van der Waals surface area (Å²) in [6.07, 6.45) is 2.53. The first kappa shape index (κ1) is 25.6. The van der Waals surface area contributed by atoms with Crippen molar-refractivity contribution in [3.8, 4) is 33.9 Å². The van der Waals surface area contributed by atoms with E-state index in [4.69, 9.17) is 42.8 Å². The van der Waals surface area contributed by atoms with Gasteiger partial charge in [0, 0.05) is 29.7 Å². The summed E-state index contributed by atoms with van der Waals surface area (Å²) in [7, 11) is 0. The highest BCUT2D eigenvalue weighted by atomic mass is 35.5. The van der Waals surface area contributed by atoms with Crippen molar-refractivity contribution < 1.29 is 19.4 Å². The average Bonchev–Trinajstić information content (AvgIpc) is 3.28. The molecule has 0 fully saturated rings. The van der Waals surface area contributed by atoms with Crippen LogP contribution < -0.4 is 9.47 Å². The fourth-order valence-electron chi connectivity index (χ4n) is 3.74. The summed E-state index contributed by atoms with van der Waals surface area (Å²) in [5, 5.41) is 9.88. The second kappa shape index (κ2) is 12.0. The third-order valence-corrected chi connectivity index (χ3v) is 6.15. The summed E-state index contributed by atoms with van der Waals surface area (Å²) in [4.78, 5) is 15.4. The van der Waals surface area contributed by atoms with Gasteiger partial charge in [0.05, 0.1) is 17.3 Å². The van der Waals surface area contributed by atoms with Crippen LogP contribution in [-0.2, 0) is 17.9 Å². The smallest absolute Gasteiger partial charge is 0.303 e. The molecule has 4 aromatic rings. The Morgan fingerprint density at radius 2 is 1.78 bits per heavy atom. The van der Waals surface area contributed by atoms with Gasteiger partial charge in [0.25, 0.3) is 0 Å². The lowest BCUT2D eigenvalue weighted by Crippen LogP contribution is -2.05. The number of aryl methyl sites for hydroxylation is 1. The second-order valence-corrected chi connectivity index (χ2v) is 8.98. The summed E-state index contributed by atoms with van der Waals surface area (Å²) in [5.41, 5.74) is 3.63. The Labute approximate surface area is 220 Å². The van der Waals surface area contributed by atoms with Gasteiger partial charge in [-0.05, 0) is 66.9 Å². The lowest BCUT2D eigenvalue weighted by Gasteiger charge is -2.10. The van der Waals surface area contributed by atoms with E-state index in [1.807, 2.05) is 65.4 Å². The Kier molecular flexibility index (Phi) is 8.52. The van der Waals surface area contributed by atoms with Gasteiger partial charge in [-0.15, -0.1) is 0 Å². The van der Waals surface area contributed by atoms with Crippen LogP contribution in [0.5, 0.6) is 11.5 Å². The monoisotopic (exact) mass is 524 g/mol. The number of carboxylic acids is 1. The van der Waals surface area contributed by atoms with E-state index in [0.717, 1.165) is 40.5 Å². The minimum Gasteiger partial charge on any atom is -0.494 e. The van der Waals surface area contributed by atoms with Gasteiger partial charge in [-0.2, -0.15) is 0 Å². The number of carbonyl (C=O) groups is 1. The molecule has 0 aliphatic heterocycles. The van der Waals surface area contributed by atoms with E-state index in [2.05, 4.69) is 6.92 Å². The van der Waals surface area contributed by atoms with Gasteiger partial charge in [0.2, 0.25) is 0 Å². The van der Waals surface area contributed by atoms with Crippen LogP contribution in [0, 0.1) is 0 Å². The highest BCUT2D eigenvalue weighted by molar-refractivity contribution is 6.36. The first-order valence-electron chi connectivity index (χ1n) is 11.6. The number of hydrogen-bond acceptors (Lipinski definition) is 4. The number of ether oxygens (including phenoxy) is 2. The third kappa shape index (κ3) is 6.59. The van der Waals surface area contributed by atoms with E-state index in [9.17, 15) is 4.79 Å². The molecule has 186 valence electrons. The van der Waals surface area contributed by atoms with Crippen LogP contribution >= 0.6 is 23.2 Å². The van der Waals surface area contributed by atoms with Gasteiger partial charge < -0.3 is 19.1 Å². The van der Waals surface area contributed by atoms with Gasteiger partial charge in [0.15, 0.2) is 0 Å². The number of rotatable bonds is 11. The molecule has 6 nitrogen and oxygen atoms in total. The Morgan fingerprint density at radius 3 is 2.50 bits per heavy atom. The molecular formula is C28H26Cl2N2O4. The molecule has 8 heteroatoms. The van der Waals surface area contributed by atoms with E-state index in [0.29, 0.717) is 35.4 Å². The lowest BCUT2D eigenvalue weighted by atomic mass is 10.1. The number of carboxylic acid groups (broad SMARTS) is 1. The topological polar surface area (TPSA) is 73.6 Å². The maximum Gasteiger partial charge on any atom is 0.303 e. The average molecular weight is 525 g/mol. The van der Waals surface area contributed by atoms with Gasteiger partial charge in [-0.3, -0.25) is 4.79 Å². The molecule has 36 heavy (non-hydrogen) atoms. The number of hydrogen-bond donors (Lipinski definition) is 1. The molecule has 0 saturated carbocycles. The van der Waals surface area contributed by atoms with Crippen LogP contribution in [0.1, 0.15) is 25.6 Å². The number of nitrogens with zero attached hydrogens (tertiary/aromatic N) is 2. The first-order valence-corrected chi connectivity index (χ1v) is 12.4. The number of aliphatic carboxylic acids is 1. The molecule has 0 atom stereocenters. The Morgan fingerprint density at radius 1 is 0.972 bits per heavy atom. The van der Waals surface area contributed by atoms with E-state index in [-0.39, 0.29) is 6.42 Å². The lowest BCUT2D eigenvalue weighted by molar-refractivity contribution is -0.137. The van der Waals surface area contributed by atoms with Crippen LogP contribution in [0.15, 0.2) is 72.9 Å². The zero-order chi connectivity index (χ0) is 25.5. The van der Waals surface area contributed by atoms with Crippen molar-refractivity contribution in [1.82, 2.24) is 9.55 Å². The fourth-order valence-corrected chi connectivity index (χ4v) is 4.25. The Bertz CT molecular complexity index is 1340. The quantitative estimate of drug-likeness (QED) is 0.207. The minimum atomic E-state index is -0.820. The predicted molar refractivity (Wildman–Crippen MR) is 142 cm³/mol. The predicted octanol–water partition coefficient (Wildman–Crippen LogP) is 7.37. The maximum absolute atomic E-state index is 10.6. The molecule has 1 aromatic heterocycles. The van der Waals surface area contributed by atoms with Crippen LogP contribution in [-0.4, -0.2) is 27.2 Å². The fraction of sp³-hybridized carbons (Fsp3) is 0.214. The van der Waals surface area contributed by atoms with Gasteiger partial charge in [-0.25, -0.2) is 4.98 Å². The van der Waals surface area contributed by atoms with E-state index < -0.39 is 5.97 Å². The molecule has 0 aliphatic rings. The third-order valence-electron chi connectivity index (χ3n) is 5.60. The largest absolute Gasteiger partial charge is 0.494 e. The molecule has 1 heterocycles. The van der Waals surface area contributed by atoms with Gasteiger partial charge >= 0.3 is 5.97 Å². The zero-order valence-electron chi connectivity index (χ0n) is 19.8. The molecule has 0 saturated heterocycles. The van der Waals surface area contributed by atoms with Gasteiger partial charge in [-0.1, -0.05) is 47.5 Å². The summed E-state index contributed by atoms with van der Waals surface area (Å²) in [5.74, 6) is 1.42. The number of halogens is 2. The molecule has 0 spiro atoms.